The lowest BCUT2D eigenvalue weighted by atomic mass is 10.00. The van der Waals surface area contributed by atoms with Crippen molar-refractivity contribution in [2.75, 3.05) is 36.0 Å². The SMILES string of the molecule is Cc1ccc(N2CCC[C@H](N(Cc3ccnc(C)c3)Cc3cn(C4CC4)c4cc(N5CC[C@@H](N)C(F)(F)C5)c(F)cc4c3=O)C2)cn1. The van der Waals surface area contributed by atoms with E-state index in [2.05, 4.69) is 36.5 Å². The molecule has 3 fully saturated rings. The van der Waals surface area contributed by atoms with E-state index >= 15 is 4.39 Å². The molecule has 0 bridgehead atoms. The molecule has 1 aromatic carbocycles. The summed E-state index contributed by atoms with van der Waals surface area (Å²) in [6.07, 6.45) is 9.61. The molecule has 5 heterocycles. The maximum Gasteiger partial charge on any atom is 0.280 e. The molecule has 11 heteroatoms. The molecule has 2 aliphatic heterocycles. The van der Waals surface area contributed by atoms with Gasteiger partial charge in [0.15, 0.2) is 5.43 Å². The second-order valence-electron chi connectivity index (χ2n) is 13.6. The van der Waals surface area contributed by atoms with E-state index in [9.17, 15) is 13.6 Å². The van der Waals surface area contributed by atoms with Crippen LogP contribution in [0.4, 0.5) is 24.5 Å². The van der Waals surface area contributed by atoms with Crippen molar-refractivity contribution >= 4 is 22.3 Å². The van der Waals surface area contributed by atoms with Crippen LogP contribution in [0.1, 0.15) is 60.7 Å². The quantitative estimate of drug-likeness (QED) is 0.262. The zero-order valence-electron chi connectivity index (χ0n) is 27.0. The van der Waals surface area contributed by atoms with Crippen LogP contribution >= 0.6 is 0 Å². The number of anilines is 2. The Kier molecular flexibility index (Phi) is 8.46. The number of fused-ring (bicyclic) bond motifs is 1. The minimum absolute atomic E-state index is 0.0602. The van der Waals surface area contributed by atoms with Gasteiger partial charge in [-0.2, -0.15) is 0 Å². The number of nitrogens with two attached hydrogens (primary N) is 1. The van der Waals surface area contributed by atoms with Crippen molar-refractivity contribution in [3.05, 3.63) is 93.5 Å². The first kappa shape index (κ1) is 31.6. The van der Waals surface area contributed by atoms with E-state index in [1.807, 2.05) is 44.6 Å². The predicted octanol–water partition coefficient (Wildman–Crippen LogP) is 5.73. The molecule has 1 aliphatic carbocycles. The van der Waals surface area contributed by atoms with Gasteiger partial charge in [0.25, 0.3) is 5.92 Å². The second-order valence-corrected chi connectivity index (χ2v) is 13.6. The number of aryl methyl sites for hydroxylation is 2. The Bertz CT molecular complexity index is 1820. The number of piperidine rings is 2. The minimum Gasteiger partial charge on any atom is -0.369 e. The maximum atomic E-state index is 15.7. The zero-order valence-corrected chi connectivity index (χ0v) is 27.0. The summed E-state index contributed by atoms with van der Waals surface area (Å²) in [5.41, 5.74) is 10.8. The van der Waals surface area contributed by atoms with Crippen LogP contribution in [0.5, 0.6) is 0 Å². The molecule has 4 aromatic rings. The van der Waals surface area contributed by atoms with Crippen LogP contribution in [0.15, 0.2) is 59.8 Å². The van der Waals surface area contributed by atoms with Gasteiger partial charge in [0.1, 0.15) is 5.82 Å². The first-order chi connectivity index (χ1) is 22.6. The highest BCUT2D eigenvalue weighted by Gasteiger charge is 2.43. The van der Waals surface area contributed by atoms with E-state index < -0.39 is 24.3 Å². The number of aromatic nitrogens is 3. The highest BCUT2D eigenvalue weighted by atomic mass is 19.3. The van der Waals surface area contributed by atoms with Crippen LogP contribution in [0.2, 0.25) is 0 Å². The van der Waals surface area contributed by atoms with Gasteiger partial charge in [-0.1, -0.05) is 0 Å². The minimum atomic E-state index is -3.12. The van der Waals surface area contributed by atoms with Gasteiger partial charge in [-0.15, -0.1) is 0 Å². The molecule has 2 N–H and O–H groups in total. The summed E-state index contributed by atoms with van der Waals surface area (Å²) < 4.78 is 46.9. The molecule has 0 radical (unpaired) electrons. The lowest BCUT2D eigenvalue weighted by Gasteiger charge is -2.40. The number of benzene rings is 1. The Labute approximate surface area is 273 Å². The molecule has 0 spiro atoms. The lowest BCUT2D eigenvalue weighted by molar-refractivity contribution is -0.0301. The van der Waals surface area contributed by atoms with E-state index in [0.29, 0.717) is 24.2 Å². The fourth-order valence-electron chi connectivity index (χ4n) is 7.19. The molecule has 1 saturated carbocycles. The highest BCUT2D eigenvalue weighted by molar-refractivity contribution is 5.84. The topological polar surface area (TPSA) is 83.5 Å². The summed E-state index contributed by atoms with van der Waals surface area (Å²) >= 11 is 0. The van der Waals surface area contributed by atoms with Crippen molar-refractivity contribution in [1.29, 1.82) is 0 Å². The molecule has 7 rings (SSSR count). The van der Waals surface area contributed by atoms with E-state index in [0.717, 1.165) is 61.4 Å². The van der Waals surface area contributed by atoms with Crippen LogP contribution in [-0.4, -0.2) is 63.6 Å². The Morgan fingerprint density at radius 3 is 2.53 bits per heavy atom. The Balaban J connectivity index is 1.24. The number of hydrogen-bond donors (Lipinski definition) is 1. The molecule has 47 heavy (non-hydrogen) atoms. The number of rotatable bonds is 8. The predicted molar refractivity (Wildman–Crippen MR) is 179 cm³/mol. The van der Waals surface area contributed by atoms with Gasteiger partial charge in [-0.25, -0.2) is 13.2 Å². The van der Waals surface area contributed by atoms with Crippen molar-refractivity contribution in [1.82, 2.24) is 19.4 Å². The Hall–Kier alpha value is -3.96. The van der Waals surface area contributed by atoms with Gasteiger partial charge < -0.3 is 20.1 Å². The lowest BCUT2D eigenvalue weighted by Crippen LogP contribution is -2.55. The molecular formula is C36H42F3N7O. The summed E-state index contributed by atoms with van der Waals surface area (Å²) in [6, 6.07) is 10.2. The van der Waals surface area contributed by atoms with Gasteiger partial charge in [-0.05, 0) is 87.9 Å². The largest absolute Gasteiger partial charge is 0.369 e. The Morgan fingerprint density at radius 2 is 1.81 bits per heavy atom. The van der Waals surface area contributed by atoms with Gasteiger partial charge in [-0.3, -0.25) is 19.7 Å². The molecule has 2 saturated heterocycles. The van der Waals surface area contributed by atoms with Crippen LogP contribution in [0.25, 0.3) is 10.9 Å². The van der Waals surface area contributed by atoms with Crippen LogP contribution in [0, 0.1) is 19.7 Å². The summed E-state index contributed by atoms with van der Waals surface area (Å²) in [7, 11) is 0. The monoisotopic (exact) mass is 645 g/mol. The zero-order chi connectivity index (χ0) is 32.9. The number of pyridine rings is 3. The van der Waals surface area contributed by atoms with Crippen LogP contribution in [-0.2, 0) is 13.1 Å². The molecule has 8 nitrogen and oxygen atoms in total. The molecule has 2 atom stereocenters. The van der Waals surface area contributed by atoms with Crippen molar-refractivity contribution in [3.63, 3.8) is 0 Å². The summed E-state index contributed by atoms with van der Waals surface area (Å²) in [6.45, 7) is 6.29. The second kappa shape index (κ2) is 12.6. The normalized spacial score (nSPS) is 21.5. The summed E-state index contributed by atoms with van der Waals surface area (Å²) in [5, 5.41) is 0.284. The summed E-state index contributed by atoms with van der Waals surface area (Å²) in [4.78, 5) is 29.2. The molecule has 3 aromatic heterocycles. The number of alkyl halides is 2. The first-order valence-electron chi connectivity index (χ1n) is 16.6. The number of hydrogen-bond acceptors (Lipinski definition) is 7. The average molecular weight is 646 g/mol. The van der Waals surface area contributed by atoms with Gasteiger partial charge in [0.05, 0.1) is 35.7 Å². The third kappa shape index (κ3) is 6.60. The number of nitrogens with zero attached hydrogens (tertiary/aromatic N) is 6. The molecule has 0 amide bonds. The van der Waals surface area contributed by atoms with E-state index in [-0.39, 0.29) is 41.6 Å². The molecule has 248 valence electrons. The highest BCUT2D eigenvalue weighted by Crippen LogP contribution is 2.39. The third-order valence-corrected chi connectivity index (χ3v) is 10.0. The molecular weight excluding hydrogens is 603 g/mol. The van der Waals surface area contributed by atoms with Crippen molar-refractivity contribution < 1.29 is 13.2 Å². The molecule has 3 aliphatic rings. The van der Waals surface area contributed by atoms with E-state index in [1.165, 1.54) is 11.0 Å². The smallest absolute Gasteiger partial charge is 0.280 e. The van der Waals surface area contributed by atoms with Gasteiger partial charge >= 0.3 is 0 Å². The van der Waals surface area contributed by atoms with Gasteiger partial charge in [0, 0.05) is 79.5 Å². The summed E-state index contributed by atoms with van der Waals surface area (Å²) in [5.74, 6) is -3.79. The van der Waals surface area contributed by atoms with E-state index in [1.54, 1.807) is 6.07 Å². The van der Waals surface area contributed by atoms with Crippen molar-refractivity contribution in [3.8, 4) is 0 Å². The fraction of sp³-hybridized carbons (Fsp3) is 0.472. The standard InChI is InChI=1S/C36H42F3N7O/c1-23-5-6-28(17-42-23)43-12-3-4-29(21-43)45(18-25-9-11-41-24(2)14-25)19-26-20-46(27-7-8-27)32-16-33(31(37)15-30(32)35(26)47)44-13-10-34(40)36(38,39)22-44/h5-6,9,11,14-17,20,27,29,34H,3-4,7-8,10,12-13,18-19,21-22,40H2,1-2H3/t29-,34+/m0/s1. The third-order valence-electron chi connectivity index (χ3n) is 10.0. The average Bonchev–Trinajstić information content (AvgIpc) is 3.89. The number of halogens is 3. The fourth-order valence-corrected chi connectivity index (χ4v) is 7.19. The first-order valence-corrected chi connectivity index (χ1v) is 16.6. The van der Waals surface area contributed by atoms with Crippen molar-refractivity contribution in [2.45, 2.75) is 83.1 Å². The van der Waals surface area contributed by atoms with Crippen molar-refractivity contribution in [2.24, 2.45) is 5.73 Å². The molecule has 0 unspecified atom stereocenters. The van der Waals surface area contributed by atoms with Crippen LogP contribution < -0.4 is 21.0 Å². The Morgan fingerprint density at radius 1 is 0.979 bits per heavy atom. The van der Waals surface area contributed by atoms with Gasteiger partial charge in [0.2, 0.25) is 0 Å². The van der Waals surface area contributed by atoms with E-state index in [4.69, 9.17) is 5.73 Å². The van der Waals surface area contributed by atoms with Crippen LogP contribution in [0.3, 0.4) is 0 Å². The maximum absolute atomic E-state index is 15.7.